The van der Waals surface area contributed by atoms with E-state index < -0.39 is 12.1 Å². The molecule has 0 heterocycles. The number of carboxylic acid groups (broad SMARTS) is 1. The third kappa shape index (κ3) is 2.76. The molecule has 0 unspecified atom stereocenters. The minimum absolute atomic E-state index is 0. The molecule has 0 bridgehead atoms. The van der Waals surface area contributed by atoms with E-state index in [4.69, 9.17) is 10.2 Å². The summed E-state index contributed by atoms with van der Waals surface area (Å²) in [6.07, 6.45) is -1.41. The molecule has 0 aliphatic carbocycles. The normalized spacial score (nSPS) is 11.4. The molecule has 0 aliphatic heterocycles. The molecule has 4 heteroatoms. The summed E-state index contributed by atoms with van der Waals surface area (Å²) in [5, 5.41) is 17.4. The van der Waals surface area contributed by atoms with Crippen molar-refractivity contribution in [1.82, 2.24) is 0 Å². The van der Waals surface area contributed by atoms with Crippen molar-refractivity contribution in [1.29, 1.82) is 0 Å². The summed E-state index contributed by atoms with van der Waals surface area (Å²) in [6.45, 7) is 0. The molecule has 12 heavy (non-hydrogen) atoms. The summed E-state index contributed by atoms with van der Waals surface area (Å²) in [4.78, 5) is 10.2. The minimum Gasteiger partial charge on any atom is -0.479 e. The van der Waals surface area contributed by atoms with Crippen molar-refractivity contribution in [2.45, 2.75) is 6.10 Å². The quantitative estimate of drug-likeness (QED) is 0.761. The topological polar surface area (TPSA) is 57.5 Å². The van der Waals surface area contributed by atoms with E-state index in [1.807, 2.05) is 0 Å². The van der Waals surface area contributed by atoms with Gasteiger partial charge < -0.3 is 10.2 Å². The molecule has 1 aromatic rings. The zero-order valence-corrected chi connectivity index (χ0v) is 8.18. The van der Waals surface area contributed by atoms with Crippen LogP contribution in [-0.2, 0) is 25.9 Å². The minimum atomic E-state index is -1.41. The van der Waals surface area contributed by atoms with Crippen LogP contribution in [0.25, 0.3) is 0 Å². The Morgan fingerprint density at radius 2 is 1.75 bits per heavy atom. The summed E-state index contributed by atoms with van der Waals surface area (Å²) >= 11 is 0. The fourth-order valence-corrected chi connectivity index (χ4v) is 0.778. The molecule has 1 rings (SSSR count). The van der Waals surface area contributed by atoms with Crippen molar-refractivity contribution >= 4 is 5.97 Å². The molecule has 0 fully saturated rings. The van der Waals surface area contributed by atoms with Gasteiger partial charge in [-0.05, 0) is 5.56 Å². The average molecular weight is 248 g/mol. The molecular weight excluding hydrogens is 240 g/mol. The Balaban J connectivity index is 0.00000121. The number of aliphatic hydroxyl groups excluding tert-OH is 1. The summed E-state index contributed by atoms with van der Waals surface area (Å²) in [5.41, 5.74) is 0.403. The van der Waals surface area contributed by atoms with Gasteiger partial charge in [0.1, 0.15) is 0 Å². The van der Waals surface area contributed by atoms with Gasteiger partial charge in [0, 0.05) is 21.1 Å². The van der Waals surface area contributed by atoms with Crippen LogP contribution in [0.4, 0.5) is 0 Å². The number of aliphatic hydroxyl groups is 1. The third-order valence-electron chi connectivity index (χ3n) is 1.35. The van der Waals surface area contributed by atoms with Crippen LogP contribution in [0.5, 0.6) is 0 Å². The van der Waals surface area contributed by atoms with E-state index in [2.05, 4.69) is 0 Å². The van der Waals surface area contributed by atoms with Crippen molar-refractivity contribution in [3.8, 4) is 0 Å². The van der Waals surface area contributed by atoms with Gasteiger partial charge in [-0.15, -0.1) is 0 Å². The largest absolute Gasteiger partial charge is 0.479 e. The van der Waals surface area contributed by atoms with Crippen molar-refractivity contribution in [3.63, 3.8) is 0 Å². The number of aliphatic carboxylic acids is 1. The Bertz CT molecular complexity index is 248. The predicted octanol–water partition coefficient (Wildman–Crippen LogP) is 0.802. The Morgan fingerprint density at radius 1 is 1.25 bits per heavy atom. The Labute approximate surface area is 84.3 Å². The first-order valence-corrected chi connectivity index (χ1v) is 3.17. The van der Waals surface area contributed by atoms with Crippen LogP contribution < -0.4 is 0 Å². The van der Waals surface area contributed by atoms with Gasteiger partial charge in [0.05, 0.1) is 0 Å². The standard InChI is InChI=1S/C8H8O3.Mo/c9-7(8(10)11)6-4-2-1-3-5-6;/h1-5,7,9H,(H,10,11);/t7-;/m1./s1. The van der Waals surface area contributed by atoms with Gasteiger partial charge in [-0.25, -0.2) is 4.79 Å². The van der Waals surface area contributed by atoms with E-state index in [-0.39, 0.29) is 21.1 Å². The molecule has 0 aliphatic rings. The van der Waals surface area contributed by atoms with Gasteiger partial charge in [-0.3, -0.25) is 0 Å². The maximum absolute atomic E-state index is 10.2. The van der Waals surface area contributed by atoms with E-state index in [0.717, 1.165) is 0 Å². The third-order valence-corrected chi connectivity index (χ3v) is 1.35. The molecule has 1 aromatic carbocycles. The Hall–Kier alpha value is -0.662. The van der Waals surface area contributed by atoms with Crippen molar-refractivity contribution in [3.05, 3.63) is 35.9 Å². The fourth-order valence-electron chi connectivity index (χ4n) is 0.778. The molecule has 0 amide bonds. The maximum atomic E-state index is 10.2. The van der Waals surface area contributed by atoms with Crippen LogP contribution in [0.2, 0.25) is 0 Å². The Kier molecular flexibility index (Phi) is 4.79. The number of carbonyl (C=O) groups is 1. The van der Waals surface area contributed by atoms with E-state index in [9.17, 15) is 4.79 Å². The van der Waals surface area contributed by atoms with E-state index in [0.29, 0.717) is 5.56 Å². The molecule has 0 spiro atoms. The van der Waals surface area contributed by atoms with E-state index in [1.165, 1.54) is 0 Å². The van der Waals surface area contributed by atoms with Crippen LogP contribution in [0, 0.1) is 0 Å². The van der Waals surface area contributed by atoms with Crippen LogP contribution in [0.1, 0.15) is 11.7 Å². The average Bonchev–Trinajstić information content (AvgIpc) is 2.05. The Morgan fingerprint density at radius 3 is 2.17 bits per heavy atom. The molecule has 2 N–H and O–H groups in total. The fraction of sp³-hybridized carbons (Fsp3) is 0.125. The number of carboxylic acids is 1. The molecule has 3 nitrogen and oxygen atoms in total. The van der Waals surface area contributed by atoms with Crippen molar-refractivity contribution < 1.29 is 36.1 Å². The summed E-state index contributed by atoms with van der Waals surface area (Å²) in [5.74, 6) is -1.23. The number of benzene rings is 1. The molecule has 1 atom stereocenters. The van der Waals surface area contributed by atoms with Gasteiger partial charge in [0.15, 0.2) is 6.10 Å². The second-order valence-corrected chi connectivity index (χ2v) is 2.15. The maximum Gasteiger partial charge on any atom is 0.337 e. The van der Waals surface area contributed by atoms with E-state index in [1.54, 1.807) is 30.3 Å². The molecule has 0 saturated heterocycles. The first-order chi connectivity index (χ1) is 5.22. The molecule has 0 aromatic heterocycles. The van der Waals surface area contributed by atoms with Gasteiger partial charge >= 0.3 is 5.97 Å². The summed E-state index contributed by atoms with van der Waals surface area (Å²) in [7, 11) is 0. The van der Waals surface area contributed by atoms with Gasteiger partial charge in [-0.2, -0.15) is 0 Å². The first kappa shape index (κ1) is 11.3. The summed E-state index contributed by atoms with van der Waals surface area (Å²) in [6, 6.07) is 8.26. The first-order valence-electron chi connectivity index (χ1n) is 3.17. The van der Waals surface area contributed by atoms with Crippen LogP contribution in [0.3, 0.4) is 0 Å². The van der Waals surface area contributed by atoms with Gasteiger partial charge in [0.25, 0.3) is 0 Å². The monoisotopic (exact) mass is 250 g/mol. The van der Waals surface area contributed by atoms with Crippen molar-refractivity contribution in [2.75, 3.05) is 0 Å². The molecule has 64 valence electrons. The van der Waals surface area contributed by atoms with Gasteiger partial charge in [-0.1, -0.05) is 30.3 Å². The zero-order valence-electron chi connectivity index (χ0n) is 6.18. The number of hydrogen-bond acceptors (Lipinski definition) is 2. The molecule has 0 radical (unpaired) electrons. The van der Waals surface area contributed by atoms with Crippen LogP contribution >= 0.6 is 0 Å². The van der Waals surface area contributed by atoms with E-state index >= 15 is 0 Å². The molecular formula is C8H8MoO3. The van der Waals surface area contributed by atoms with Crippen LogP contribution in [0.15, 0.2) is 30.3 Å². The number of rotatable bonds is 2. The van der Waals surface area contributed by atoms with Crippen LogP contribution in [-0.4, -0.2) is 16.2 Å². The molecule has 0 saturated carbocycles. The van der Waals surface area contributed by atoms with Gasteiger partial charge in [0.2, 0.25) is 0 Å². The zero-order chi connectivity index (χ0) is 8.27. The van der Waals surface area contributed by atoms with Crippen molar-refractivity contribution in [2.24, 2.45) is 0 Å². The number of hydrogen-bond donors (Lipinski definition) is 2. The summed E-state index contributed by atoms with van der Waals surface area (Å²) < 4.78 is 0. The second-order valence-electron chi connectivity index (χ2n) is 2.15. The smallest absolute Gasteiger partial charge is 0.337 e. The second kappa shape index (κ2) is 5.07. The predicted molar refractivity (Wildman–Crippen MR) is 39.0 cm³/mol. The SMILES string of the molecule is O=C(O)[C@H](O)c1ccccc1.[Mo].